The maximum Gasteiger partial charge on any atom is 0.272 e. The highest BCUT2D eigenvalue weighted by molar-refractivity contribution is 9.10. The van der Waals surface area contributed by atoms with E-state index in [4.69, 9.17) is 0 Å². The van der Waals surface area contributed by atoms with E-state index in [0.717, 1.165) is 11.4 Å². The molecule has 0 atom stereocenters. The Labute approximate surface area is 120 Å². The van der Waals surface area contributed by atoms with E-state index >= 15 is 0 Å². The molecule has 2 heterocycles. The molecule has 0 fully saturated rings. The van der Waals surface area contributed by atoms with Crippen LogP contribution >= 0.6 is 15.9 Å². The topological polar surface area (TPSA) is 46.1 Å². The van der Waals surface area contributed by atoms with Crippen LogP contribution in [0.4, 0.5) is 0 Å². The van der Waals surface area contributed by atoms with Crippen molar-refractivity contribution in [1.82, 2.24) is 14.9 Å². The lowest BCUT2D eigenvalue weighted by molar-refractivity contribution is 0.0777. The van der Waals surface area contributed by atoms with E-state index in [1.54, 1.807) is 30.1 Å². The number of aryl methyl sites for hydroxylation is 1. The molecule has 2 aromatic rings. The van der Waals surface area contributed by atoms with Gasteiger partial charge in [0.15, 0.2) is 0 Å². The van der Waals surface area contributed by atoms with E-state index in [1.807, 2.05) is 25.1 Å². The third kappa shape index (κ3) is 3.61. The number of amides is 1. The zero-order chi connectivity index (χ0) is 13.8. The van der Waals surface area contributed by atoms with Crippen LogP contribution in [-0.4, -0.2) is 27.8 Å². The lowest BCUT2D eigenvalue weighted by atomic mass is 10.2. The van der Waals surface area contributed by atoms with E-state index < -0.39 is 0 Å². The van der Waals surface area contributed by atoms with Crippen molar-refractivity contribution in [2.24, 2.45) is 0 Å². The number of rotatable bonds is 3. The van der Waals surface area contributed by atoms with Crippen molar-refractivity contribution in [2.45, 2.75) is 13.5 Å². The summed E-state index contributed by atoms with van der Waals surface area (Å²) in [6.07, 6.45) is 0. The molecule has 19 heavy (non-hydrogen) atoms. The summed E-state index contributed by atoms with van der Waals surface area (Å²) in [5, 5.41) is 0. The Morgan fingerprint density at radius 3 is 2.63 bits per heavy atom. The number of hydrogen-bond donors (Lipinski definition) is 0. The lowest BCUT2D eigenvalue weighted by Crippen LogP contribution is -2.27. The van der Waals surface area contributed by atoms with Gasteiger partial charge in [0.1, 0.15) is 10.3 Å². The van der Waals surface area contributed by atoms with Gasteiger partial charge in [0.05, 0.1) is 12.2 Å². The molecule has 0 aliphatic carbocycles. The first kappa shape index (κ1) is 13.7. The molecule has 0 radical (unpaired) electrons. The number of nitrogens with zero attached hydrogens (tertiary/aromatic N) is 3. The number of hydrogen-bond acceptors (Lipinski definition) is 3. The molecule has 0 aliphatic rings. The molecule has 5 heteroatoms. The molecule has 0 saturated carbocycles. The van der Waals surface area contributed by atoms with Crippen LogP contribution in [0.15, 0.2) is 41.0 Å². The fourth-order valence-corrected chi connectivity index (χ4v) is 2.07. The van der Waals surface area contributed by atoms with Gasteiger partial charge in [-0.05, 0) is 47.1 Å². The maximum atomic E-state index is 12.2. The molecule has 1 amide bonds. The second-order valence-electron chi connectivity index (χ2n) is 4.28. The molecular weight excluding hydrogens is 306 g/mol. The second-order valence-corrected chi connectivity index (χ2v) is 5.09. The van der Waals surface area contributed by atoms with Gasteiger partial charge in [0.2, 0.25) is 0 Å². The normalized spacial score (nSPS) is 10.3. The highest BCUT2D eigenvalue weighted by atomic mass is 79.9. The van der Waals surface area contributed by atoms with Crippen molar-refractivity contribution in [2.75, 3.05) is 7.05 Å². The molecule has 0 spiro atoms. The minimum Gasteiger partial charge on any atom is -0.334 e. The van der Waals surface area contributed by atoms with Crippen LogP contribution in [0, 0.1) is 6.92 Å². The van der Waals surface area contributed by atoms with Crippen molar-refractivity contribution < 1.29 is 4.79 Å². The number of aromatic nitrogens is 2. The molecule has 0 unspecified atom stereocenters. The summed E-state index contributed by atoms with van der Waals surface area (Å²) < 4.78 is 0.653. The average molecular weight is 320 g/mol. The quantitative estimate of drug-likeness (QED) is 0.817. The van der Waals surface area contributed by atoms with Gasteiger partial charge < -0.3 is 4.90 Å². The van der Waals surface area contributed by atoms with Gasteiger partial charge in [0, 0.05) is 12.7 Å². The van der Waals surface area contributed by atoms with E-state index in [9.17, 15) is 4.79 Å². The van der Waals surface area contributed by atoms with Crippen LogP contribution < -0.4 is 0 Å². The Morgan fingerprint density at radius 1 is 1.21 bits per heavy atom. The summed E-state index contributed by atoms with van der Waals surface area (Å²) >= 11 is 3.26. The summed E-state index contributed by atoms with van der Waals surface area (Å²) in [6, 6.07) is 11.1. The lowest BCUT2D eigenvalue weighted by Gasteiger charge is -2.16. The van der Waals surface area contributed by atoms with Crippen molar-refractivity contribution in [1.29, 1.82) is 0 Å². The smallest absolute Gasteiger partial charge is 0.272 e. The van der Waals surface area contributed by atoms with Gasteiger partial charge in [-0.15, -0.1) is 0 Å². The van der Waals surface area contributed by atoms with Crippen molar-refractivity contribution in [3.63, 3.8) is 0 Å². The molecule has 2 rings (SSSR count). The highest BCUT2D eigenvalue weighted by Gasteiger charge is 2.14. The number of carbonyl (C=O) groups excluding carboxylic acids is 1. The first-order chi connectivity index (χ1) is 9.06. The van der Waals surface area contributed by atoms with Gasteiger partial charge in [-0.1, -0.05) is 12.1 Å². The number of halogens is 1. The van der Waals surface area contributed by atoms with Crippen LogP contribution in [0.5, 0.6) is 0 Å². The largest absolute Gasteiger partial charge is 0.334 e. The molecule has 0 aliphatic heterocycles. The van der Waals surface area contributed by atoms with Crippen molar-refractivity contribution in [3.8, 4) is 0 Å². The fourth-order valence-electron chi connectivity index (χ4n) is 1.73. The fraction of sp³-hybridized carbons (Fsp3) is 0.214. The first-order valence-corrected chi connectivity index (χ1v) is 6.66. The highest BCUT2D eigenvalue weighted by Crippen LogP contribution is 2.10. The summed E-state index contributed by atoms with van der Waals surface area (Å²) in [5.41, 5.74) is 2.23. The van der Waals surface area contributed by atoms with Crippen LogP contribution in [0.3, 0.4) is 0 Å². The monoisotopic (exact) mass is 319 g/mol. The molecule has 0 bridgehead atoms. The van der Waals surface area contributed by atoms with Gasteiger partial charge in [0.25, 0.3) is 5.91 Å². The van der Waals surface area contributed by atoms with Gasteiger partial charge >= 0.3 is 0 Å². The summed E-state index contributed by atoms with van der Waals surface area (Å²) in [5.74, 6) is -0.121. The van der Waals surface area contributed by atoms with Crippen LogP contribution in [0.25, 0.3) is 0 Å². The Balaban J connectivity index is 2.12. The molecule has 2 aromatic heterocycles. The molecule has 98 valence electrons. The zero-order valence-corrected chi connectivity index (χ0v) is 12.4. The third-order valence-corrected chi connectivity index (χ3v) is 3.07. The van der Waals surface area contributed by atoms with Crippen LogP contribution in [0.2, 0.25) is 0 Å². The van der Waals surface area contributed by atoms with Gasteiger partial charge in [-0.3, -0.25) is 9.78 Å². The third-order valence-electron chi connectivity index (χ3n) is 2.63. The zero-order valence-electron chi connectivity index (χ0n) is 10.8. The van der Waals surface area contributed by atoms with Gasteiger partial charge in [-0.2, -0.15) is 0 Å². The minimum atomic E-state index is -0.121. The molecule has 4 nitrogen and oxygen atoms in total. The standard InChI is InChI=1S/C14H14BrN3O/c1-10-5-3-6-11(16-10)9-18(2)14(19)12-7-4-8-13(15)17-12/h3-8H,9H2,1-2H3. The average Bonchev–Trinajstić information content (AvgIpc) is 2.38. The Bertz CT molecular complexity index is 601. The predicted octanol–water partition coefficient (Wildman–Crippen LogP) is 2.82. The van der Waals surface area contributed by atoms with Crippen molar-refractivity contribution >= 4 is 21.8 Å². The number of carbonyl (C=O) groups is 1. The van der Waals surface area contributed by atoms with Gasteiger partial charge in [-0.25, -0.2) is 4.98 Å². The summed E-state index contributed by atoms with van der Waals surface area (Å²) in [7, 11) is 1.74. The van der Waals surface area contributed by atoms with E-state index in [0.29, 0.717) is 16.8 Å². The SMILES string of the molecule is Cc1cccc(CN(C)C(=O)c2cccc(Br)n2)n1. The maximum absolute atomic E-state index is 12.2. The number of pyridine rings is 2. The summed E-state index contributed by atoms with van der Waals surface area (Å²) in [4.78, 5) is 22.4. The Hall–Kier alpha value is -1.75. The van der Waals surface area contributed by atoms with E-state index in [-0.39, 0.29) is 5.91 Å². The second kappa shape index (κ2) is 5.93. The molecule has 0 N–H and O–H groups in total. The van der Waals surface area contributed by atoms with Crippen LogP contribution in [0.1, 0.15) is 21.9 Å². The molecular formula is C14H14BrN3O. The minimum absolute atomic E-state index is 0.121. The van der Waals surface area contributed by atoms with Crippen molar-refractivity contribution in [3.05, 3.63) is 58.1 Å². The molecule has 0 saturated heterocycles. The molecule has 0 aromatic carbocycles. The van der Waals surface area contributed by atoms with Crippen LogP contribution in [-0.2, 0) is 6.54 Å². The van der Waals surface area contributed by atoms with E-state index in [1.165, 1.54) is 0 Å². The Kier molecular flexibility index (Phi) is 4.27. The predicted molar refractivity (Wildman–Crippen MR) is 76.7 cm³/mol. The van der Waals surface area contributed by atoms with E-state index in [2.05, 4.69) is 25.9 Å². The summed E-state index contributed by atoms with van der Waals surface area (Å²) in [6.45, 7) is 2.40. The first-order valence-electron chi connectivity index (χ1n) is 5.87. The Morgan fingerprint density at radius 2 is 1.95 bits per heavy atom.